The molecule has 3 nitrogen and oxygen atoms in total. The van der Waals surface area contributed by atoms with Crippen LogP contribution in [-0.2, 0) is 9.59 Å². The molecule has 0 amide bonds. The highest BCUT2D eigenvalue weighted by atomic mass is 16.3. The first kappa shape index (κ1) is 14.6. The summed E-state index contributed by atoms with van der Waals surface area (Å²) in [5.41, 5.74) is 0.975. The molecule has 4 aliphatic carbocycles. The van der Waals surface area contributed by atoms with Crippen molar-refractivity contribution in [1.82, 2.24) is 0 Å². The van der Waals surface area contributed by atoms with Crippen molar-refractivity contribution in [1.29, 1.82) is 0 Å². The van der Waals surface area contributed by atoms with Crippen molar-refractivity contribution in [3.63, 3.8) is 0 Å². The third-order valence-electron chi connectivity index (χ3n) is 7.63. The van der Waals surface area contributed by atoms with Crippen LogP contribution in [0.15, 0.2) is 11.6 Å². The maximum atomic E-state index is 12.9. The molecule has 22 heavy (non-hydrogen) atoms. The lowest BCUT2D eigenvalue weighted by Crippen LogP contribution is -2.53. The highest BCUT2D eigenvalue weighted by Gasteiger charge is 2.60. The molecule has 4 rings (SSSR count). The lowest BCUT2D eigenvalue weighted by atomic mass is 9.48. The zero-order chi connectivity index (χ0) is 15.7. The number of ketones is 2. The van der Waals surface area contributed by atoms with Crippen molar-refractivity contribution in [2.24, 2.45) is 28.6 Å². The summed E-state index contributed by atoms with van der Waals surface area (Å²) in [5, 5.41) is 9.97. The second-order valence-electron chi connectivity index (χ2n) is 8.54. The van der Waals surface area contributed by atoms with Gasteiger partial charge in [0.1, 0.15) is 5.78 Å². The Morgan fingerprint density at radius 3 is 2.50 bits per heavy atom. The SMILES string of the molecule is CC12CC[C@H](O)CC1=CC(=O)[C@@H]1[C@@H]2CC[C@]2(C)C(=O)CC[C@@H]12. The molecule has 0 aromatic rings. The number of carbonyl (C=O) groups excluding carboxylic acids is 2. The minimum Gasteiger partial charge on any atom is -0.393 e. The van der Waals surface area contributed by atoms with Gasteiger partial charge in [0.25, 0.3) is 0 Å². The Kier molecular flexibility index (Phi) is 3.01. The zero-order valence-corrected chi connectivity index (χ0v) is 13.6. The van der Waals surface area contributed by atoms with Crippen LogP contribution in [0.3, 0.4) is 0 Å². The molecule has 0 radical (unpaired) electrons. The van der Waals surface area contributed by atoms with E-state index in [1.807, 2.05) is 6.08 Å². The maximum Gasteiger partial charge on any atom is 0.159 e. The van der Waals surface area contributed by atoms with Gasteiger partial charge in [-0.15, -0.1) is 0 Å². The summed E-state index contributed by atoms with van der Waals surface area (Å²) < 4.78 is 0. The van der Waals surface area contributed by atoms with Crippen LogP contribution in [0.2, 0.25) is 0 Å². The number of rotatable bonds is 0. The van der Waals surface area contributed by atoms with Crippen molar-refractivity contribution < 1.29 is 14.7 Å². The molecule has 1 unspecified atom stereocenters. The van der Waals surface area contributed by atoms with Crippen molar-refractivity contribution in [2.75, 3.05) is 0 Å². The topological polar surface area (TPSA) is 54.4 Å². The molecular weight excluding hydrogens is 276 g/mol. The molecule has 0 heterocycles. The molecule has 0 aromatic heterocycles. The number of aliphatic hydroxyl groups excluding tert-OH is 1. The van der Waals surface area contributed by atoms with Crippen LogP contribution in [0.1, 0.15) is 58.8 Å². The molecule has 0 saturated heterocycles. The van der Waals surface area contributed by atoms with E-state index in [1.54, 1.807) is 0 Å². The fourth-order valence-electron chi connectivity index (χ4n) is 6.16. The molecule has 3 saturated carbocycles. The number of allylic oxidation sites excluding steroid dienone is 1. The third-order valence-corrected chi connectivity index (χ3v) is 7.63. The van der Waals surface area contributed by atoms with E-state index in [0.717, 1.165) is 32.1 Å². The average molecular weight is 302 g/mol. The number of carbonyl (C=O) groups is 2. The monoisotopic (exact) mass is 302 g/mol. The van der Waals surface area contributed by atoms with Crippen LogP contribution in [0.4, 0.5) is 0 Å². The Bertz CT molecular complexity index is 577. The maximum absolute atomic E-state index is 12.9. The summed E-state index contributed by atoms with van der Waals surface area (Å²) in [4.78, 5) is 25.2. The molecule has 0 aliphatic heterocycles. The Labute approximate surface area is 132 Å². The summed E-state index contributed by atoms with van der Waals surface area (Å²) >= 11 is 0. The lowest BCUT2D eigenvalue weighted by Gasteiger charge is -2.55. The molecule has 120 valence electrons. The summed E-state index contributed by atoms with van der Waals surface area (Å²) in [6.07, 6.45) is 7.51. The summed E-state index contributed by atoms with van der Waals surface area (Å²) in [5.74, 6) is 1.26. The minimum absolute atomic E-state index is 0.0363. The van der Waals surface area contributed by atoms with E-state index in [-0.39, 0.29) is 34.6 Å². The lowest BCUT2D eigenvalue weighted by molar-refractivity contribution is -0.139. The van der Waals surface area contributed by atoms with Gasteiger partial charge in [-0.05, 0) is 61.9 Å². The second kappa shape index (κ2) is 4.53. The van der Waals surface area contributed by atoms with Crippen LogP contribution in [0, 0.1) is 28.6 Å². The fraction of sp³-hybridized carbons (Fsp3) is 0.789. The smallest absolute Gasteiger partial charge is 0.159 e. The molecule has 4 aliphatic rings. The van der Waals surface area contributed by atoms with E-state index in [4.69, 9.17) is 0 Å². The van der Waals surface area contributed by atoms with Crippen LogP contribution in [-0.4, -0.2) is 22.8 Å². The largest absolute Gasteiger partial charge is 0.393 e. The zero-order valence-electron chi connectivity index (χ0n) is 13.6. The Balaban J connectivity index is 1.76. The van der Waals surface area contributed by atoms with E-state index in [1.165, 1.54) is 5.57 Å². The van der Waals surface area contributed by atoms with Gasteiger partial charge in [-0.25, -0.2) is 0 Å². The first-order valence-electron chi connectivity index (χ1n) is 8.82. The van der Waals surface area contributed by atoms with Gasteiger partial charge in [0, 0.05) is 17.8 Å². The van der Waals surface area contributed by atoms with Crippen molar-refractivity contribution in [2.45, 2.75) is 64.9 Å². The van der Waals surface area contributed by atoms with E-state index in [9.17, 15) is 14.7 Å². The summed E-state index contributed by atoms with van der Waals surface area (Å²) in [7, 11) is 0. The quantitative estimate of drug-likeness (QED) is 0.748. The molecule has 3 heteroatoms. The molecule has 3 fully saturated rings. The predicted molar refractivity (Wildman–Crippen MR) is 83.1 cm³/mol. The molecular formula is C19H26O3. The number of hydrogen-bond donors (Lipinski definition) is 1. The molecule has 0 aromatic carbocycles. The van der Waals surface area contributed by atoms with E-state index < -0.39 is 0 Å². The van der Waals surface area contributed by atoms with E-state index in [2.05, 4.69) is 13.8 Å². The molecule has 6 atom stereocenters. The standard InChI is InChI=1S/C19H26O3/c1-18-7-5-12(20)9-11(18)10-15(21)17-13-3-4-16(22)19(13,2)8-6-14(17)18/h10,12-14,17,20H,3-9H2,1-2H3/t12-,13-,14-,17-,18?,19-/m0/s1. The van der Waals surface area contributed by atoms with Crippen molar-refractivity contribution in [3.05, 3.63) is 11.6 Å². The van der Waals surface area contributed by atoms with E-state index in [0.29, 0.717) is 24.5 Å². The summed E-state index contributed by atoms with van der Waals surface area (Å²) in [6.45, 7) is 4.40. The van der Waals surface area contributed by atoms with Crippen LogP contribution in [0.25, 0.3) is 0 Å². The predicted octanol–water partition coefficient (Wildman–Crippen LogP) is 3.06. The minimum atomic E-state index is -0.286. The van der Waals surface area contributed by atoms with Gasteiger partial charge in [-0.2, -0.15) is 0 Å². The van der Waals surface area contributed by atoms with Crippen molar-refractivity contribution >= 4 is 11.6 Å². The highest BCUT2D eigenvalue weighted by Crippen LogP contribution is 2.63. The normalized spacial score (nSPS) is 51.0. The van der Waals surface area contributed by atoms with Crippen LogP contribution < -0.4 is 0 Å². The van der Waals surface area contributed by atoms with Crippen molar-refractivity contribution in [3.8, 4) is 0 Å². The van der Waals surface area contributed by atoms with Gasteiger partial charge in [0.2, 0.25) is 0 Å². The van der Waals surface area contributed by atoms with E-state index >= 15 is 0 Å². The van der Waals surface area contributed by atoms with Gasteiger partial charge in [0.05, 0.1) is 6.10 Å². The first-order chi connectivity index (χ1) is 10.4. The summed E-state index contributed by atoms with van der Waals surface area (Å²) in [6, 6.07) is 0. The number of fused-ring (bicyclic) bond motifs is 5. The van der Waals surface area contributed by atoms with Gasteiger partial charge < -0.3 is 5.11 Å². The first-order valence-corrected chi connectivity index (χ1v) is 8.82. The Hall–Kier alpha value is -0.960. The van der Waals surface area contributed by atoms with Gasteiger partial charge >= 0.3 is 0 Å². The number of hydrogen-bond acceptors (Lipinski definition) is 3. The third kappa shape index (κ3) is 1.72. The number of Topliss-reactive ketones (excluding diaryl/α,β-unsaturated/α-hetero) is 1. The molecule has 0 bridgehead atoms. The van der Waals surface area contributed by atoms with Crippen LogP contribution >= 0.6 is 0 Å². The number of aliphatic hydroxyl groups is 1. The van der Waals surface area contributed by atoms with Gasteiger partial charge in [-0.3, -0.25) is 9.59 Å². The van der Waals surface area contributed by atoms with Crippen LogP contribution in [0.5, 0.6) is 0 Å². The van der Waals surface area contributed by atoms with Gasteiger partial charge in [0.15, 0.2) is 5.78 Å². The highest BCUT2D eigenvalue weighted by molar-refractivity contribution is 5.96. The molecule has 0 spiro atoms. The fourth-order valence-corrected chi connectivity index (χ4v) is 6.16. The Morgan fingerprint density at radius 1 is 1.05 bits per heavy atom. The van der Waals surface area contributed by atoms with Gasteiger partial charge in [-0.1, -0.05) is 19.4 Å². The molecule has 1 N–H and O–H groups in total. The Morgan fingerprint density at radius 2 is 1.73 bits per heavy atom. The second-order valence-corrected chi connectivity index (χ2v) is 8.54. The average Bonchev–Trinajstić information content (AvgIpc) is 2.77.